The first-order chi connectivity index (χ1) is 7.11. The molecule has 1 rings (SSSR count). The van der Waals surface area contributed by atoms with Gasteiger partial charge < -0.3 is 9.64 Å². The van der Waals surface area contributed by atoms with Gasteiger partial charge in [-0.25, -0.2) is 0 Å². The summed E-state index contributed by atoms with van der Waals surface area (Å²) in [6, 6.07) is 0. The van der Waals surface area contributed by atoms with Crippen molar-refractivity contribution in [2.75, 3.05) is 19.7 Å². The van der Waals surface area contributed by atoms with Crippen LogP contribution in [-0.4, -0.2) is 42.3 Å². The van der Waals surface area contributed by atoms with E-state index < -0.39 is 23.6 Å². The molecule has 82 valence electrons. The third-order valence-corrected chi connectivity index (χ3v) is 2.10. The fraction of sp³-hybridized carbons (Fsp3) is 0.500. The highest BCUT2D eigenvalue weighted by Crippen LogP contribution is 2.16. The minimum Gasteiger partial charge on any atom is -0.465 e. The summed E-state index contributed by atoms with van der Waals surface area (Å²) in [5.41, 5.74) is 0. The number of amides is 1. The normalized spacial score (nSPS) is 20.6. The zero-order valence-electron chi connectivity index (χ0n) is 8.56. The molecule has 0 radical (unpaired) electrons. The van der Waals surface area contributed by atoms with E-state index in [2.05, 4.69) is 11.3 Å². The van der Waals surface area contributed by atoms with Gasteiger partial charge in [0.05, 0.1) is 13.2 Å². The van der Waals surface area contributed by atoms with Gasteiger partial charge in [0, 0.05) is 6.54 Å². The van der Waals surface area contributed by atoms with Crippen molar-refractivity contribution in [2.24, 2.45) is 5.92 Å². The molecule has 1 aliphatic heterocycles. The summed E-state index contributed by atoms with van der Waals surface area (Å²) in [6.45, 7) is 5.51. The molecule has 0 saturated carbocycles. The zero-order valence-corrected chi connectivity index (χ0v) is 8.56. The Kier molecular flexibility index (Phi) is 3.60. The number of nitrogens with zero attached hydrogens (tertiary/aromatic N) is 1. The summed E-state index contributed by atoms with van der Waals surface area (Å²) in [6.07, 6.45) is 1.51. The lowest BCUT2D eigenvalue weighted by molar-refractivity contribution is -0.153. The molecule has 1 atom stereocenters. The molecule has 0 bridgehead atoms. The van der Waals surface area contributed by atoms with Crippen LogP contribution in [0.1, 0.15) is 6.92 Å². The summed E-state index contributed by atoms with van der Waals surface area (Å²) in [7, 11) is 0. The molecule has 1 unspecified atom stereocenters. The predicted molar refractivity (Wildman–Crippen MR) is 51.9 cm³/mol. The number of likely N-dealkylation sites (tertiary alicyclic amines) is 1. The van der Waals surface area contributed by atoms with Gasteiger partial charge in [-0.1, -0.05) is 6.08 Å². The topological polar surface area (TPSA) is 63.7 Å². The Balaban J connectivity index is 2.74. The van der Waals surface area contributed by atoms with E-state index in [0.29, 0.717) is 0 Å². The van der Waals surface area contributed by atoms with Gasteiger partial charge in [-0.15, -0.1) is 6.58 Å². The second kappa shape index (κ2) is 4.72. The van der Waals surface area contributed by atoms with Crippen LogP contribution in [0.3, 0.4) is 0 Å². The van der Waals surface area contributed by atoms with Gasteiger partial charge in [0.25, 0.3) is 0 Å². The number of esters is 1. The Morgan fingerprint density at radius 3 is 2.87 bits per heavy atom. The van der Waals surface area contributed by atoms with Crippen LogP contribution in [0.15, 0.2) is 12.7 Å². The van der Waals surface area contributed by atoms with Gasteiger partial charge >= 0.3 is 5.97 Å². The van der Waals surface area contributed by atoms with Crippen LogP contribution in [0.25, 0.3) is 0 Å². The summed E-state index contributed by atoms with van der Waals surface area (Å²) in [5, 5.41) is 0. The Labute approximate surface area is 87.7 Å². The lowest BCUT2D eigenvalue weighted by Crippen LogP contribution is -2.32. The van der Waals surface area contributed by atoms with Crippen molar-refractivity contribution in [3.05, 3.63) is 12.7 Å². The first-order valence-corrected chi connectivity index (χ1v) is 4.70. The van der Waals surface area contributed by atoms with Gasteiger partial charge in [0.1, 0.15) is 0 Å². The average molecular weight is 211 g/mol. The standard InChI is InChI=1S/C10H13NO4/c1-3-5-11-6-7(12)8(9(11)13)10(14)15-4-2/h3,8H,1,4-6H2,2H3. The Bertz CT molecular complexity index is 311. The number of ether oxygens (including phenoxy) is 1. The van der Waals surface area contributed by atoms with Crippen molar-refractivity contribution < 1.29 is 19.1 Å². The summed E-state index contributed by atoms with van der Waals surface area (Å²) in [5.74, 6) is -2.90. The van der Waals surface area contributed by atoms with Crippen molar-refractivity contribution in [1.29, 1.82) is 0 Å². The zero-order chi connectivity index (χ0) is 11.4. The molecule has 0 aliphatic carbocycles. The molecular weight excluding hydrogens is 198 g/mol. The monoisotopic (exact) mass is 211 g/mol. The molecule has 1 fully saturated rings. The van der Waals surface area contributed by atoms with Crippen LogP contribution >= 0.6 is 0 Å². The highest BCUT2D eigenvalue weighted by molar-refractivity contribution is 6.21. The number of rotatable bonds is 4. The molecule has 5 heteroatoms. The number of hydrogen-bond donors (Lipinski definition) is 0. The maximum atomic E-state index is 11.6. The molecule has 1 aliphatic rings. The molecule has 0 aromatic rings. The Hall–Kier alpha value is -1.65. The van der Waals surface area contributed by atoms with Crippen LogP contribution < -0.4 is 0 Å². The van der Waals surface area contributed by atoms with Crippen molar-refractivity contribution in [2.45, 2.75) is 6.92 Å². The SMILES string of the molecule is C=CCN1CC(=O)C(C(=O)OCC)C1=O. The smallest absolute Gasteiger partial charge is 0.326 e. The Morgan fingerprint density at radius 1 is 1.67 bits per heavy atom. The summed E-state index contributed by atoms with van der Waals surface area (Å²) < 4.78 is 4.66. The number of hydrogen-bond acceptors (Lipinski definition) is 4. The molecule has 1 heterocycles. The maximum Gasteiger partial charge on any atom is 0.326 e. The van der Waals surface area contributed by atoms with Crippen LogP contribution in [0.5, 0.6) is 0 Å². The van der Waals surface area contributed by atoms with E-state index in [-0.39, 0.29) is 19.7 Å². The lowest BCUT2D eigenvalue weighted by atomic mass is 10.1. The number of carbonyl (C=O) groups excluding carboxylic acids is 3. The summed E-state index contributed by atoms with van der Waals surface area (Å²) >= 11 is 0. The minimum absolute atomic E-state index is 0.0334. The maximum absolute atomic E-state index is 11.6. The molecule has 5 nitrogen and oxygen atoms in total. The highest BCUT2D eigenvalue weighted by Gasteiger charge is 2.44. The first kappa shape index (κ1) is 11.4. The third kappa shape index (κ3) is 2.23. The van der Waals surface area contributed by atoms with Crippen molar-refractivity contribution in [3.63, 3.8) is 0 Å². The fourth-order valence-corrected chi connectivity index (χ4v) is 1.45. The molecule has 1 saturated heterocycles. The van der Waals surface area contributed by atoms with E-state index >= 15 is 0 Å². The minimum atomic E-state index is -1.26. The summed E-state index contributed by atoms with van der Waals surface area (Å²) in [4.78, 5) is 35.6. The van der Waals surface area contributed by atoms with Gasteiger partial charge in [-0.2, -0.15) is 0 Å². The van der Waals surface area contributed by atoms with E-state index in [1.54, 1.807) is 6.92 Å². The first-order valence-electron chi connectivity index (χ1n) is 4.70. The van der Waals surface area contributed by atoms with Crippen LogP contribution in [0.2, 0.25) is 0 Å². The van der Waals surface area contributed by atoms with Crippen molar-refractivity contribution in [3.8, 4) is 0 Å². The number of carbonyl (C=O) groups is 3. The molecule has 1 amide bonds. The van der Waals surface area contributed by atoms with Crippen molar-refractivity contribution in [1.82, 2.24) is 4.90 Å². The van der Waals surface area contributed by atoms with Gasteiger partial charge in [-0.05, 0) is 6.92 Å². The van der Waals surface area contributed by atoms with E-state index in [0.717, 1.165) is 0 Å². The van der Waals surface area contributed by atoms with Crippen LogP contribution in [0, 0.1) is 5.92 Å². The largest absolute Gasteiger partial charge is 0.465 e. The van der Waals surface area contributed by atoms with E-state index in [9.17, 15) is 14.4 Å². The molecular formula is C10H13NO4. The van der Waals surface area contributed by atoms with E-state index in [1.165, 1.54) is 11.0 Å². The molecule has 0 aromatic carbocycles. The quantitative estimate of drug-likeness (QED) is 0.366. The molecule has 15 heavy (non-hydrogen) atoms. The van der Waals surface area contributed by atoms with E-state index in [4.69, 9.17) is 0 Å². The number of Topliss-reactive ketones (excluding diaryl/α,β-unsaturated/α-hetero) is 1. The fourth-order valence-electron chi connectivity index (χ4n) is 1.45. The number of ketones is 1. The van der Waals surface area contributed by atoms with Gasteiger partial charge in [-0.3, -0.25) is 14.4 Å². The second-order valence-corrected chi connectivity index (χ2v) is 3.16. The van der Waals surface area contributed by atoms with Crippen LogP contribution in [0.4, 0.5) is 0 Å². The molecule has 0 N–H and O–H groups in total. The highest BCUT2D eigenvalue weighted by atomic mass is 16.5. The Morgan fingerprint density at radius 2 is 2.33 bits per heavy atom. The lowest BCUT2D eigenvalue weighted by Gasteiger charge is -2.11. The predicted octanol–water partition coefficient (Wildman–Crippen LogP) is -0.237. The van der Waals surface area contributed by atoms with Crippen LogP contribution in [-0.2, 0) is 19.1 Å². The third-order valence-electron chi connectivity index (χ3n) is 2.10. The molecule has 0 aromatic heterocycles. The van der Waals surface area contributed by atoms with Crippen molar-refractivity contribution >= 4 is 17.7 Å². The van der Waals surface area contributed by atoms with E-state index in [1.807, 2.05) is 0 Å². The molecule has 0 spiro atoms. The van der Waals surface area contributed by atoms with Gasteiger partial charge in [0.2, 0.25) is 5.91 Å². The second-order valence-electron chi connectivity index (χ2n) is 3.16. The van der Waals surface area contributed by atoms with Gasteiger partial charge in [0.15, 0.2) is 11.7 Å². The average Bonchev–Trinajstić information content (AvgIpc) is 2.43.